The maximum atomic E-state index is 13.9. The molecule has 0 bridgehead atoms. The first-order chi connectivity index (χ1) is 37.5. The summed E-state index contributed by atoms with van der Waals surface area (Å²) in [5.74, 6) is -4.82. The molecule has 3 saturated heterocycles. The molecule has 80 heavy (non-hydrogen) atoms. The largest absolute Gasteiger partial charge is 0.490 e. The summed E-state index contributed by atoms with van der Waals surface area (Å²) in [4.78, 5) is 99.9. The Morgan fingerprint density at radius 1 is 0.762 bits per heavy atom. The van der Waals surface area contributed by atoms with Gasteiger partial charge in [-0.2, -0.15) is 23.2 Å². The van der Waals surface area contributed by atoms with Crippen molar-refractivity contribution in [2.75, 3.05) is 63.9 Å². The lowest BCUT2D eigenvalue weighted by atomic mass is 9.94. The number of aliphatic hydroxyl groups is 3. The average molecular weight is 1210 g/mol. The van der Waals surface area contributed by atoms with E-state index in [-0.39, 0.29) is 51.2 Å². The number of fused-ring (bicyclic) bond motifs is 3. The first-order valence-electron chi connectivity index (χ1n) is 23.3. The minimum Gasteiger partial charge on any atom is -0.387 e. The molecule has 0 saturated carbocycles. The molecule has 0 radical (unpaired) electrons. The van der Waals surface area contributed by atoms with Crippen LogP contribution in [-0.4, -0.2) is 192 Å². The third-order valence-corrected chi connectivity index (χ3v) is 18.8. The number of phosphoric ester groups is 2. The van der Waals surface area contributed by atoms with Gasteiger partial charge in [0.1, 0.15) is 42.4 Å². The summed E-state index contributed by atoms with van der Waals surface area (Å²) in [6.07, 6.45) is -11.0. The molecule has 3 unspecified atom stereocenters. The Morgan fingerprint density at radius 2 is 1.32 bits per heavy atom. The van der Waals surface area contributed by atoms with Crippen LogP contribution in [-0.2, 0) is 72.2 Å². The van der Waals surface area contributed by atoms with Crippen LogP contribution < -0.4 is 37.6 Å². The number of aromatic amines is 2. The highest BCUT2D eigenvalue weighted by Gasteiger charge is 2.53. The zero-order valence-corrected chi connectivity index (χ0v) is 45.4. The third-order valence-electron chi connectivity index (χ3n) is 13.1. The smallest absolute Gasteiger partial charge is 0.387 e. The molecule has 0 aliphatic carbocycles. The highest BCUT2D eigenvalue weighted by Crippen LogP contribution is 2.68. The van der Waals surface area contributed by atoms with Crippen LogP contribution in [0.15, 0.2) is 34.9 Å². The number of phosphoric acid groups is 3. The van der Waals surface area contributed by atoms with Gasteiger partial charge in [0.25, 0.3) is 16.7 Å². The Bertz CT molecular complexity index is 3730. The van der Waals surface area contributed by atoms with Gasteiger partial charge < -0.3 is 71.0 Å². The number of ether oxygens (including phenoxy) is 4. The van der Waals surface area contributed by atoms with Gasteiger partial charge in [0.05, 0.1) is 50.9 Å². The van der Waals surface area contributed by atoms with E-state index in [1.807, 2.05) is 0 Å². The van der Waals surface area contributed by atoms with Crippen molar-refractivity contribution >= 4 is 90.6 Å². The number of nitrogens with zero attached hydrogens (tertiary/aromatic N) is 11. The number of methoxy groups -OCH3 is 1. The Labute approximate surface area is 447 Å². The number of hydrogen-bond acceptors (Lipinski definition) is 28. The number of imidazole rings is 3. The fourth-order valence-corrected chi connectivity index (χ4v) is 14.4. The van der Waals surface area contributed by atoms with Gasteiger partial charge in [-0.05, 0) is 0 Å². The summed E-state index contributed by atoms with van der Waals surface area (Å²) >= 11 is 0. The maximum Gasteiger partial charge on any atom is 0.490 e. The molecule has 43 heteroatoms. The van der Waals surface area contributed by atoms with Crippen molar-refractivity contribution in [2.45, 2.75) is 67.8 Å². The Morgan fingerprint density at radius 3 is 1.96 bits per heavy atom. The predicted octanol–water partition coefficient (Wildman–Crippen LogP) is -4.94. The summed E-state index contributed by atoms with van der Waals surface area (Å²) in [5.41, 5.74) is 15.8. The average Bonchev–Trinajstić information content (AvgIpc) is 4.23. The minimum atomic E-state index is -6.21. The summed E-state index contributed by atoms with van der Waals surface area (Å²) in [7, 11) is -17.1. The van der Waals surface area contributed by atoms with Crippen molar-refractivity contribution in [1.29, 1.82) is 0 Å². The fraction of sp³-hybridized carbons (Fsp3) is 0.568. The topological polar surface area (TPSA) is 553 Å². The van der Waals surface area contributed by atoms with E-state index in [1.54, 1.807) is 0 Å². The van der Waals surface area contributed by atoms with E-state index in [0.717, 1.165) is 17.2 Å². The number of rotatable bonds is 21. The number of nitrogens with two attached hydrogens (primary N) is 3. The van der Waals surface area contributed by atoms with Crippen molar-refractivity contribution in [3.63, 3.8) is 0 Å². The lowest BCUT2D eigenvalue weighted by molar-refractivity contribution is -0.646. The summed E-state index contributed by atoms with van der Waals surface area (Å²) in [6.45, 7) is -2.89. The number of aryl methyl sites for hydroxylation is 1. The number of hydrogen-bond donors (Lipinski definition) is 12. The van der Waals surface area contributed by atoms with Gasteiger partial charge in [0.15, 0.2) is 35.1 Å². The number of carbonyl (C=O) groups is 1. The molecule has 9 rings (SSSR count). The third kappa shape index (κ3) is 11.9. The molecule has 6 aromatic heterocycles. The Kier molecular flexibility index (Phi) is 16.3. The molecule has 3 aliphatic heterocycles. The number of aromatic nitrogens is 12. The second-order valence-corrected chi connectivity index (χ2v) is 25.1. The van der Waals surface area contributed by atoms with Crippen molar-refractivity contribution < 1.29 is 98.1 Å². The standard InChI is InChI=1S/C37H52N17O22P3S/c1-50(2)19(55)5-14-17(73-33(23(14)56)54-13-51(3)22-30(54)47-37(40)49-32(22)60)7-70-77(61,62)75-79(65,66)76-78(63,64)71-8-18-15(26(69-4)35(74-18)52-11-43-20-27(38)41-10-42-28(20)52)9-80(67,68)45-6-16-24(57)25(58)34(72-16)53-12-44-21-29(53)46-36(39)48-31(21)59/h10-18,23-26,33-35,45,56-58H,5-9H2,1-4H3,(H10-,38,39,40,41,42,46,47,48,49,59,60,61,62,63,64,65,66)/p+1/t14-,15-,16-,17-,18-,23-,24-,25-,26-,33-,34-,35-/m1/s1. The molecule has 39 nitrogen and oxygen atoms in total. The zero-order chi connectivity index (χ0) is 58.1. The monoisotopic (exact) mass is 1210 g/mol. The zero-order valence-electron chi connectivity index (χ0n) is 41.9. The van der Waals surface area contributed by atoms with Crippen LogP contribution in [0.4, 0.5) is 17.7 Å². The SMILES string of the molecule is CO[C@@H]1[C@H](CS(=O)(=O)NC[C@H]2O[C@@H](n3cnc4c(=O)[nH]c(N)nc43)[C@H](O)[C@@H]2O)[C@@H](COP(=O)(O)OP(=O)(O)OP(=O)(O)OC[C@H]2O[C@@H](n3c[n+](C)c4c(=O)[nH]c(N)nc43)[C@H](O)[C@@H]2CC(=O)N(C)C)O[C@H]1n1cnc2c(N)ncnc21. The quantitative estimate of drug-likeness (QED) is 0.0237. The molecule has 0 spiro atoms. The molecule has 3 fully saturated rings. The number of H-pyrrole nitrogens is 2. The van der Waals surface area contributed by atoms with E-state index in [4.69, 9.17) is 45.2 Å². The van der Waals surface area contributed by atoms with Gasteiger partial charge in [0.2, 0.25) is 40.4 Å². The molecule has 1 amide bonds. The van der Waals surface area contributed by atoms with E-state index >= 15 is 0 Å². The van der Waals surface area contributed by atoms with Crippen LogP contribution in [0.3, 0.4) is 0 Å². The molecule has 15 N–H and O–H groups in total. The lowest BCUT2D eigenvalue weighted by Crippen LogP contribution is -2.44. The van der Waals surface area contributed by atoms with Crippen LogP contribution in [0.5, 0.6) is 0 Å². The van der Waals surface area contributed by atoms with E-state index in [2.05, 4.69) is 53.2 Å². The molecule has 438 valence electrons. The highest BCUT2D eigenvalue weighted by molar-refractivity contribution is 7.89. The minimum absolute atomic E-state index is 0.00307. The molecular weight excluding hydrogens is 1160 g/mol. The first-order valence-corrected chi connectivity index (χ1v) is 29.4. The van der Waals surface area contributed by atoms with Crippen molar-refractivity contribution in [1.82, 2.24) is 63.2 Å². The van der Waals surface area contributed by atoms with Crippen LogP contribution in [0, 0.1) is 11.8 Å². The summed E-state index contributed by atoms with van der Waals surface area (Å²) in [6, 6.07) is 0. The Hall–Kier alpha value is -5.84. The number of nitrogens with one attached hydrogen (secondary N) is 3. The van der Waals surface area contributed by atoms with Crippen LogP contribution in [0.2, 0.25) is 0 Å². The van der Waals surface area contributed by atoms with E-state index < -0.39 is 156 Å². The van der Waals surface area contributed by atoms with Gasteiger partial charge >= 0.3 is 29.0 Å². The van der Waals surface area contributed by atoms with E-state index in [0.29, 0.717) is 0 Å². The van der Waals surface area contributed by atoms with Gasteiger partial charge in [-0.1, -0.05) is 0 Å². The predicted molar refractivity (Wildman–Crippen MR) is 264 cm³/mol. The van der Waals surface area contributed by atoms with E-state index in [9.17, 15) is 66.5 Å². The van der Waals surface area contributed by atoms with Crippen molar-refractivity contribution in [2.24, 2.45) is 18.9 Å². The molecule has 9 heterocycles. The van der Waals surface area contributed by atoms with Crippen molar-refractivity contribution in [3.8, 4) is 0 Å². The number of carbonyl (C=O) groups excluding carboxylic acids is 1. The lowest BCUT2D eigenvalue weighted by Gasteiger charge is -2.24. The van der Waals surface area contributed by atoms with Gasteiger partial charge in [-0.3, -0.25) is 42.5 Å². The second-order valence-electron chi connectivity index (χ2n) is 18.6. The molecule has 0 aromatic carbocycles. The Balaban J connectivity index is 0.880. The van der Waals surface area contributed by atoms with Gasteiger partial charge in [-0.15, -0.1) is 0 Å². The summed E-state index contributed by atoms with van der Waals surface area (Å²) in [5, 5.41) is 33.4. The first kappa shape index (κ1) is 58.8. The highest BCUT2D eigenvalue weighted by atomic mass is 32.2. The number of aliphatic hydroxyl groups excluding tert-OH is 3. The number of amides is 1. The maximum absolute atomic E-state index is 13.9. The number of sulfonamides is 1. The van der Waals surface area contributed by atoms with Crippen LogP contribution in [0.25, 0.3) is 33.5 Å². The van der Waals surface area contributed by atoms with Gasteiger partial charge in [0, 0.05) is 46.0 Å². The molecule has 3 aliphatic rings. The molecule has 6 aromatic rings. The van der Waals surface area contributed by atoms with E-state index in [1.165, 1.54) is 59.5 Å². The van der Waals surface area contributed by atoms with Crippen molar-refractivity contribution in [3.05, 3.63) is 46.0 Å². The number of nitrogen functional groups attached to an aromatic ring is 3. The normalized spacial score (nSPS) is 28.6. The number of anilines is 3. The molecule has 15 atom stereocenters. The second kappa shape index (κ2) is 22.1. The van der Waals surface area contributed by atoms with Crippen LogP contribution >= 0.6 is 23.5 Å². The fourth-order valence-electron chi connectivity index (χ4n) is 9.43. The van der Waals surface area contributed by atoms with Gasteiger partial charge in [-0.25, -0.2) is 51.3 Å². The summed E-state index contributed by atoms with van der Waals surface area (Å²) < 4.78 is 117. The molecular formula is C37H53N17O22P3S+. The van der Waals surface area contributed by atoms with Crippen LogP contribution in [0.1, 0.15) is 25.1 Å².